The number of thiophene rings is 1. The maximum atomic E-state index is 8.53. The van der Waals surface area contributed by atoms with Crippen LogP contribution < -0.4 is 10.2 Å². The van der Waals surface area contributed by atoms with Gasteiger partial charge in [-0.15, -0.1) is 11.3 Å². The minimum Gasteiger partial charge on any atom is -0.357 e. The average molecular weight is 259 g/mol. The monoisotopic (exact) mass is 259 g/mol. The Balaban J connectivity index is 2.23. The number of nitrogens with zero attached hydrogens (tertiary/aromatic N) is 4. The van der Waals surface area contributed by atoms with Crippen molar-refractivity contribution in [2.45, 2.75) is 6.92 Å². The minimum atomic E-state index is 0.234. The van der Waals surface area contributed by atoms with Gasteiger partial charge in [0.25, 0.3) is 0 Å². The first kappa shape index (κ1) is 12.3. The lowest BCUT2D eigenvalue weighted by atomic mass is 10.3. The van der Waals surface area contributed by atoms with E-state index in [1.165, 1.54) is 11.9 Å². The molecule has 2 heterocycles. The number of aryl methyl sites for hydroxylation is 1. The van der Waals surface area contributed by atoms with Crippen molar-refractivity contribution in [3.05, 3.63) is 29.4 Å². The highest BCUT2D eigenvalue weighted by molar-refractivity contribution is 7.14. The van der Waals surface area contributed by atoms with Gasteiger partial charge in [0.05, 0.1) is 11.1 Å². The number of nitrogens with one attached hydrogen (secondary N) is 1. The standard InChI is InChI=1S/C12H13N5S/c1-9-3-6-18-12(9)17(2)11-7-10(14-5-4-13)15-8-16-11/h3,6-8H,5H2,1-2H3,(H,14,15,16). The Labute approximate surface area is 110 Å². The summed E-state index contributed by atoms with van der Waals surface area (Å²) in [5.74, 6) is 1.46. The van der Waals surface area contributed by atoms with Gasteiger partial charge < -0.3 is 10.2 Å². The topological polar surface area (TPSA) is 64.8 Å². The normalized spacial score (nSPS) is 9.83. The first-order chi connectivity index (χ1) is 8.72. The van der Waals surface area contributed by atoms with Crippen molar-refractivity contribution in [1.29, 1.82) is 5.26 Å². The highest BCUT2D eigenvalue weighted by Crippen LogP contribution is 2.30. The summed E-state index contributed by atoms with van der Waals surface area (Å²) in [7, 11) is 1.97. The second kappa shape index (κ2) is 5.47. The molecule has 0 spiro atoms. The number of aromatic nitrogens is 2. The maximum absolute atomic E-state index is 8.53. The molecule has 18 heavy (non-hydrogen) atoms. The highest BCUT2D eigenvalue weighted by atomic mass is 32.1. The molecule has 1 N–H and O–H groups in total. The number of rotatable bonds is 4. The molecule has 6 heteroatoms. The van der Waals surface area contributed by atoms with E-state index in [9.17, 15) is 0 Å². The molecule has 92 valence electrons. The molecule has 0 saturated carbocycles. The number of anilines is 3. The number of hydrogen-bond donors (Lipinski definition) is 1. The molecule has 0 bridgehead atoms. The summed E-state index contributed by atoms with van der Waals surface area (Å²) in [6.07, 6.45) is 1.49. The van der Waals surface area contributed by atoms with Crippen LogP contribution in [-0.4, -0.2) is 23.6 Å². The van der Waals surface area contributed by atoms with Crippen molar-refractivity contribution in [2.24, 2.45) is 0 Å². The second-order valence-electron chi connectivity index (χ2n) is 3.74. The summed E-state index contributed by atoms with van der Waals surface area (Å²) in [5, 5.41) is 14.6. The fourth-order valence-electron chi connectivity index (χ4n) is 1.57. The van der Waals surface area contributed by atoms with Crippen LogP contribution in [0, 0.1) is 18.3 Å². The molecule has 0 aromatic carbocycles. The van der Waals surface area contributed by atoms with E-state index in [0.717, 1.165) is 10.8 Å². The van der Waals surface area contributed by atoms with Crippen LogP contribution in [0.25, 0.3) is 0 Å². The zero-order valence-corrected chi connectivity index (χ0v) is 11.0. The van der Waals surface area contributed by atoms with Gasteiger partial charge in [0.1, 0.15) is 24.5 Å². The average Bonchev–Trinajstić information content (AvgIpc) is 2.82. The third-order valence-electron chi connectivity index (χ3n) is 2.48. The van der Waals surface area contributed by atoms with Crippen molar-refractivity contribution >= 4 is 28.0 Å². The van der Waals surface area contributed by atoms with Crippen molar-refractivity contribution in [1.82, 2.24) is 9.97 Å². The van der Waals surface area contributed by atoms with E-state index < -0.39 is 0 Å². The smallest absolute Gasteiger partial charge is 0.138 e. The van der Waals surface area contributed by atoms with Gasteiger partial charge in [-0.25, -0.2) is 9.97 Å². The van der Waals surface area contributed by atoms with Gasteiger partial charge in [-0.3, -0.25) is 0 Å². The Morgan fingerprint density at radius 3 is 3.00 bits per heavy atom. The Bertz CT molecular complexity index is 572. The van der Waals surface area contributed by atoms with E-state index in [2.05, 4.69) is 33.7 Å². The molecule has 0 atom stereocenters. The highest BCUT2D eigenvalue weighted by Gasteiger charge is 2.10. The molecular formula is C12H13N5S. The summed E-state index contributed by atoms with van der Waals surface area (Å²) in [6.45, 7) is 2.30. The molecule has 0 amide bonds. The van der Waals surface area contributed by atoms with Crippen LogP contribution in [0.1, 0.15) is 5.56 Å². The van der Waals surface area contributed by atoms with Crippen molar-refractivity contribution in [3.63, 3.8) is 0 Å². The lowest BCUT2D eigenvalue weighted by molar-refractivity contribution is 1.08. The SMILES string of the molecule is Cc1ccsc1N(C)c1cc(NCC#N)ncn1. The quantitative estimate of drug-likeness (QED) is 0.855. The zero-order valence-electron chi connectivity index (χ0n) is 10.2. The summed E-state index contributed by atoms with van der Waals surface area (Å²) in [5.41, 5.74) is 1.22. The van der Waals surface area contributed by atoms with Gasteiger partial charge in [0.2, 0.25) is 0 Å². The predicted octanol–water partition coefficient (Wildman–Crippen LogP) is 2.55. The van der Waals surface area contributed by atoms with Crippen LogP contribution in [0.4, 0.5) is 16.6 Å². The molecule has 2 aromatic heterocycles. The lowest BCUT2D eigenvalue weighted by Gasteiger charge is -2.17. The van der Waals surface area contributed by atoms with E-state index in [1.807, 2.05) is 24.1 Å². The number of hydrogen-bond acceptors (Lipinski definition) is 6. The number of nitriles is 1. The summed E-state index contributed by atoms with van der Waals surface area (Å²) in [4.78, 5) is 10.3. The van der Waals surface area contributed by atoms with Crippen molar-refractivity contribution in [3.8, 4) is 6.07 Å². The molecule has 0 aliphatic heterocycles. The Kier molecular flexibility index (Phi) is 3.75. The molecule has 0 fully saturated rings. The zero-order chi connectivity index (χ0) is 13.0. The second-order valence-corrected chi connectivity index (χ2v) is 4.64. The summed E-state index contributed by atoms with van der Waals surface area (Å²) < 4.78 is 0. The molecule has 0 saturated heterocycles. The Morgan fingerprint density at radius 2 is 2.33 bits per heavy atom. The van der Waals surface area contributed by atoms with E-state index in [1.54, 1.807) is 11.3 Å². The molecular weight excluding hydrogens is 246 g/mol. The van der Waals surface area contributed by atoms with E-state index in [0.29, 0.717) is 5.82 Å². The molecule has 2 aromatic rings. The van der Waals surface area contributed by atoms with Crippen LogP contribution in [0.2, 0.25) is 0 Å². The third kappa shape index (κ3) is 2.57. The largest absolute Gasteiger partial charge is 0.357 e. The maximum Gasteiger partial charge on any atom is 0.138 e. The molecule has 0 aliphatic carbocycles. The van der Waals surface area contributed by atoms with E-state index in [4.69, 9.17) is 5.26 Å². The van der Waals surface area contributed by atoms with Crippen molar-refractivity contribution in [2.75, 3.05) is 23.8 Å². The van der Waals surface area contributed by atoms with Gasteiger partial charge in [-0.2, -0.15) is 5.26 Å². The fraction of sp³-hybridized carbons (Fsp3) is 0.250. The summed E-state index contributed by atoms with van der Waals surface area (Å²) in [6, 6.07) is 5.92. The van der Waals surface area contributed by atoms with Crippen LogP contribution in [-0.2, 0) is 0 Å². The molecule has 0 radical (unpaired) electrons. The van der Waals surface area contributed by atoms with Gasteiger partial charge in [-0.05, 0) is 23.9 Å². The third-order valence-corrected chi connectivity index (χ3v) is 3.58. The molecule has 0 aliphatic rings. The first-order valence-electron chi connectivity index (χ1n) is 5.43. The Morgan fingerprint density at radius 1 is 1.50 bits per heavy atom. The predicted molar refractivity (Wildman–Crippen MR) is 73.3 cm³/mol. The van der Waals surface area contributed by atoms with E-state index >= 15 is 0 Å². The molecule has 0 unspecified atom stereocenters. The van der Waals surface area contributed by atoms with Crippen LogP contribution in [0.3, 0.4) is 0 Å². The van der Waals surface area contributed by atoms with E-state index in [-0.39, 0.29) is 6.54 Å². The fourth-order valence-corrected chi connectivity index (χ4v) is 2.48. The summed E-state index contributed by atoms with van der Waals surface area (Å²) >= 11 is 1.67. The molecule has 5 nitrogen and oxygen atoms in total. The van der Waals surface area contributed by atoms with Crippen LogP contribution in [0.5, 0.6) is 0 Å². The first-order valence-corrected chi connectivity index (χ1v) is 6.31. The van der Waals surface area contributed by atoms with Gasteiger partial charge >= 0.3 is 0 Å². The van der Waals surface area contributed by atoms with Crippen LogP contribution >= 0.6 is 11.3 Å². The molecule has 2 rings (SSSR count). The van der Waals surface area contributed by atoms with Gasteiger partial charge in [-0.1, -0.05) is 0 Å². The van der Waals surface area contributed by atoms with Crippen molar-refractivity contribution < 1.29 is 0 Å². The Hall–Kier alpha value is -2.13. The lowest BCUT2D eigenvalue weighted by Crippen LogP contribution is -2.12. The minimum absolute atomic E-state index is 0.234. The van der Waals surface area contributed by atoms with Gasteiger partial charge in [0, 0.05) is 13.1 Å². The van der Waals surface area contributed by atoms with Crippen LogP contribution in [0.15, 0.2) is 23.8 Å². The van der Waals surface area contributed by atoms with Gasteiger partial charge in [0.15, 0.2) is 0 Å².